The second-order valence-electron chi connectivity index (χ2n) is 5.20. The average molecular weight is 233 g/mol. The van der Waals surface area contributed by atoms with E-state index in [4.69, 9.17) is 4.74 Å². The molecule has 1 aromatic rings. The first-order valence-corrected chi connectivity index (χ1v) is 6.58. The second-order valence-corrected chi connectivity index (χ2v) is 5.20. The van der Waals surface area contributed by atoms with Crippen LogP contribution in [0.3, 0.4) is 0 Å². The lowest BCUT2D eigenvalue weighted by atomic mass is 10.1. The molecule has 0 aliphatic heterocycles. The predicted octanol–water partition coefficient (Wildman–Crippen LogP) is 3.07. The highest BCUT2D eigenvalue weighted by Crippen LogP contribution is 2.31. The largest absolute Gasteiger partial charge is 0.490 e. The van der Waals surface area contributed by atoms with E-state index in [1.54, 1.807) is 0 Å². The van der Waals surface area contributed by atoms with E-state index in [9.17, 15) is 0 Å². The van der Waals surface area contributed by atoms with E-state index in [2.05, 4.69) is 37.4 Å². The van der Waals surface area contributed by atoms with E-state index in [0.29, 0.717) is 6.10 Å². The Morgan fingerprint density at radius 3 is 2.59 bits per heavy atom. The monoisotopic (exact) mass is 233 g/mol. The first kappa shape index (κ1) is 12.4. The van der Waals surface area contributed by atoms with Gasteiger partial charge in [-0.15, -0.1) is 0 Å². The summed E-state index contributed by atoms with van der Waals surface area (Å²) in [5.74, 6) is 1.89. The first-order valence-electron chi connectivity index (χ1n) is 6.58. The molecule has 0 radical (unpaired) electrons. The van der Waals surface area contributed by atoms with Crippen molar-refractivity contribution in [2.24, 2.45) is 5.92 Å². The van der Waals surface area contributed by atoms with Crippen LogP contribution in [0.1, 0.15) is 30.4 Å². The number of ether oxygens (including phenoxy) is 1. The van der Waals surface area contributed by atoms with Gasteiger partial charge in [0.1, 0.15) is 5.75 Å². The van der Waals surface area contributed by atoms with Crippen molar-refractivity contribution in [3.63, 3.8) is 0 Å². The number of hydrogen-bond acceptors (Lipinski definition) is 2. The summed E-state index contributed by atoms with van der Waals surface area (Å²) in [6, 6.07) is 6.35. The van der Waals surface area contributed by atoms with Gasteiger partial charge in [0, 0.05) is 0 Å². The summed E-state index contributed by atoms with van der Waals surface area (Å²) in [6.45, 7) is 5.37. The molecule has 0 saturated heterocycles. The number of para-hydroxylation sites is 1. The van der Waals surface area contributed by atoms with Crippen LogP contribution in [-0.2, 0) is 0 Å². The topological polar surface area (TPSA) is 21.3 Å². The van der Waals surface area contributed by atoms with E-state index in [1.165, 1.54) is 30.4 Å². The molecular weight excluding hydrogens is 210 g/mol. The van der Waals surface area contributed by atoms with Crippen molar-refractivity contribution < 1.29 is 4.74 Å². The van der Waals surface area contributed by atoms with Crippen LogP contribution in [0.2, 0.25) is 0 Å². The van der Waals surface area contributed by atoms with Gasteiger partial charge in [-0.3, -0.25) is 0 Å². The van der Waals surface area contributed by atoms with Gasteiger partial charge in [-0.25, -0.2) is 0 Å². The lowest BCUT2D eigenvalue weighted by Crippen LogP contribution is -2.19. The zero-order valence-corrected chi connectivity index (χ0v) is 11.1. The maximum Gasteiger partial charge on any atom is 0.125 e. The zero-order chi connectivity index (χ0) is 12.3. The molecule has 0 spiro atoms. The number of rotatable bonds is 4. The Labute approximate surface area is 104 Å². The Balaban J connectivity index is 1.98. The van der Waals surface area contributed by atoms with Crippen molar-refractivity contribution >= 4 is 0 Å². The number of aryl methyl sites for hydroxylation is 2. The summed E-state index contributed by atoms with van der Waals surface area (Å²) in [5.41, 5.74) is 2.50. The summed E-state index contributed by atoms with van der Waals surface area (Å²) in [7, 11) is 2.03. The Kier molecular flexibility index (Phi) is 4.06. The summed E-state index contributed by atoms with van der Waals surface area (Å²) in [4.78, 5) is 0. The third-order valence-electron chi connectivity index (χ3n) is 3.68. The van der Waals surface area contributed by atoms with Crippen LogP contribution in [0.5, 0.6) is 5.75 Å². The van der Waals surface area contributed by atoms with E-state index in [0.717, 1.165) is 18.2 Å². The third kappa shape index (κ3) is 3.01. The van der Waals surface area contributed by atoms with Gasteiger partial charge in [-0.1, -0.05) is 18.2 Å². The van der Waals surface area contributed by atoms with Crippen molar-refractivity contribution in [3.05, 3.63) is 29.3 Å². The van der Waals surface area contributed by atoms with Gasteiger partial charge in [0.05, 0.1) is 6.10 Å². The van der Waals surface area contributed by atoms with Crippen LogP contribution in [0.15, 0.2) is 18.2 Å². The highest BCUT2D eigenvalue weighted by Gasteiger charge is 2.26. The first-order chi connectivity index (χ1) is 8.20. The molecule has 2 rings (SSSR count). The second kappa shape index (κ2) is 5.54. The molecule has 0 bridgehead atoms. The smallest absolute Gasteiger partial charge is 0.125 e. The molecular formula is C15H23NO. The molecule has 2 nitrogen and oxygen atoms in total. The van der Waals surface area contributed by atoms with Gasteiger partial charge in [-0.2, -0.15) is 0 Å². The molecule has 2 atom stereocenters. The molecule has 2 unspecified atom stereocenters. The van der Waals surface area contributed by atoms with Crippen LogP contribution < -0.4 is 10.1 Å². The van der Waals surface area contributed by atoms with Crippen molar-refractivity contribution in [2.75, 3.05) is 13.6 Å². The van der Waals surface area contributed by atoms with Crippen LogP contribution in [0.25, 0.3) is 0 Å². The van der Waals surface area contributed by atoms with Crippen LogP contribution in [0, 0.1) is 19.8 Å². The van der Waals surface area contributed by atoms with Crippen LogP contribution in [0.4, 0.5) is 0 Å². The van der Waals surface area contributed by atoms with Gasteiger partial charge in [-0.05, 0) is 63.7 Å². The third-order valence-corrected chi connectivity index (χ3v) is 3.68. The van der Waals surface area contributed by atoms with Crippen molar-refractivity contribution in [1.29, 1.82) is 0 Å². The van der Waals surface area contributed by atoms with Gasteiger partial charge >= 0.3 is 0 Å². The highest BCUT2D eigenvalue weighted by atomic mass is 16.5. The highest BCUT2D eigenvalue weighted by molar-refractivity contribution is 5.39. The van der Waals surface area contributed by atoms with Crippen LogP contribution in [-0.4, -0.2) is 19.7 Å². The van der Waals surface area contributed by atoms with E-state index in [-0.39, 0.29) is 0 Å². The molecule has 1 saturated carbocycles. The molecule has 0 heterocycles. The number of hydrogen-bond donors (Lipinski definition) is 1. The quantitative estimate of drug-likeness (QED) is 0.863. The van der Waals surface area contributed by atoms with Crippen molar-refractivity contribution in [3.8, 4) is 5.75 Å². The van der Waals surface area contributed by atoms with Gasteiger partial charge in [0.2, 0.25) is 0 Å². The molecule has 1 aliphatic carbocycles. The molecule has 0 amide bonds. The Bertz CT molecular complexity index is 355. The Hall–Kier alpha value is -1.02. The van der Waals surface area contributed by atoms with Gasteiger partial charge in [0.25, 0.3) is 0 Å². The van der Waals surface area contributed by atoms with E-state index >= 15 is 0 Å². The molecule has 94 valence electrons. The summed E-state index contributed by atoms with van der Waals surface area (Å²) >= 11 is 0. The Morgan fingerprint density at radius 1 is 1.24 bits per heavy atom. The lowest BCUT2D eigenvalue weighted by molar-refractivity contribution is 0.201. The minimum absolute atomic E-state index is 0.410. The molecule has 0 aromatic heterocycles. The summed E-state index contributed by atoms with van der Waals surface area (Å²) < 4.78 is 6.19. The minimum Gasteiger partial charge on any atom is -0.490 e. The standard InChI is InChI=1S/C15H23NO/c1-11-5-4-6-12(2)15(11)17-14-8-7-13(9-14)10-16-3/h4-6,13-14,16H,7-10H2,1-3H3. The lowest BCUT2D eigenvalue weighted by Gasteiger charge is -2.18. The van der Waals surface area contributed by atoms with Crippen LogP contribution >= 0.6 is 0 Å². The van der Waals surface area contributed by atoms with E-state index in [1.807, 2.05) is 7.05 Å². The molecule has 17 heavy (non-hydrogen) atoms. The SMILES string of the molecule is CNCC1CCC(Oc2c(C)cccc2C)C1. The molecule has 2 heteroatoms. The normalized spacial score (nSPS) is 23.9. The number of nitrogens with one attached hydrogen (secondary N) is 1. The fourth-order valence-corrected chi connectivity index (χ4v) is 2.76. The molecule has 1 aromatic carbocycles. The average Bonchev–Trinajstić information content (AvgIpc) is 2.72. The Morgan fingerprint density at radius 2 is 1.94 bits per heavy atom. The maximum absolute atomic E-state index is 6.19. The maximum atomic E-state index is 6.19. The predicted molar refractivity (Wildman–Crippen MR) is 71.6 cm³/mol. The molecule has 1 aliphatic rings. The van der Waals surface area contributed by atoms with Crippen molar-refractivity contribution in [1.82, 2.24) is 5.32 Å². The minimum atomic E-state index is 0.410. The fourth-order valence-electron chi connectivity index (χ4n) is 2.76. The number of benzene rings is 1. The summed E-state index contributed by atoms with van der Waals surface area (Å²) in [6.07, 6.45) is 4.08. The zero-order valence-electron chi connectivity index (χ0n) is 11.1. The van der Waals surface area contributed by atoms with Gasteiger partial charge in [0.15, 0.2) is 0 Å². The molecule has 1 N–H and O–H groups in total. The fraction of sp³-hybridized carbons (Fsp3) is 0.600. The summed E-state index contributed by atoms with van der Waals surface area (Å²) in [5, 5.41) is 3.26. The van der Waals surface area contributed by atoms with E-state index < -0.39 is 0 Å². The van der Waals surface area contributed by atoms with Gasteiger partial charge < -0.3 is 10.1 Å². The molecule has 1 fully saturated rings. The van der Waals surface area contributed by atoms with Crippen molar-refractivity contribution in [2.45, 2.75) is 39.2 Å².